The molecule has 0 radical (unpaired) electrons. The number of carbonyl (C=O) groups is 1. The van der Waals surface area contributed by atoms with Gasteiger partial charge in [-0.05, 0) is 30.3 Å². The maximum atomic E-state index is 13.7. The standard InChI is InChI=1S/C22H14F9N3O2/c1-36-16-8-12(23)2-3-14(16)13-4-5-32-9-15(13)34(10-19(24)25)20(35)11-6-17(21(26,27)28)33-18(7-11)22(29,30)31/h2-9,19H,10H2,1H3. The minimum Gasteiger partial charge on any atom is -0.496 e. The summed E-state index contributed by atoms with van der Waals surface area (Å²) in [6.45, 7) is -1.41. The van der Waals surface area contributed by atoms with Gasteiger partial charge in [0.1, 0.15) is 23.0 Å². The molecule has 2 aromatic heterocycles. The molecule has 0 N–H and O–H groups in total. The van der Waals surface area contributed by atoms with Crippen LogP contribution in [-0.4, -0.2) is 36.0 Å². The Morgan fingerprint density at radius 3 is 2.11 bits per heavy atom. The fourth-order valence-corrected chi connectivity index (χ4v) is 3.25. The largest absolute Gasteiger partial charge is 0.496 e. The second-order valence-corrected chi connectivity index (χ2v) is 7.17. The van der Waals surface area contributed by atoms with Gasteiger partial charge in [0.15, 0.2) is 0 Å². The summed E-state index contributed by atoms with van der Waals surface area (Å²) >= 11 is 0. The average molecular weight is 523 g/mol. The van der Waals surface area contributed by atoms with E-state index >= 15 is 0 Å². The summed E-state index contributed by atoms with van der Waals surface area (Å²) in [6, 6.07) is 4.43. The number of hydrogen-bond donors (Lipinski definition) is 0. The van der Waals surface area contributed by atoms with Crippen molar-refractivity contribution in [1.82, 2.24) is 9.97 Å². The number of anilines is 1. The summed E-state index contributed by atoms with van der Waals surface area (Å²) < 4.78 is 125. The number of ether oxygens (including phenoxy) is 1. The predicted molar refractivity (Wildman–Crippen MR) is 108 cm³/mol. The number of halogens is 9. The molecule has 0 bridgehead atoms. The highest BCUT2D eigenvalue weighted by Gasteiger charge is 2.40. The van der Waals surface area contributed by atoms with Crippen molar-refractivity contribution in [2.75, 3.05) is 18.6 Å². The molecular weight excluding hydrogens is 509 g/mol. The first-order chi connectivity index (χ1) is 16.7. The van der Waals surface area contributed by atoms with Crippen LogP contribution in [0.25, 0.3) is 11.1 Å². The van der Waals surface area contributed by atoms with Crippen molar-refractivity contribution in [3.05, 3.63) is 71.6 Å². The number of benzene rings is 1. The van der Waals surface area contributed by atoms with E-state index in [4.69, 9.17) is 4.74 Å². The normalized spacial score (nSPS) is 12.1. The van der Waals surface area contributed by atoms with Crippen LogP contribution in [0, 0.1) is 5.82 Å². The molecular formula is C22H14F9N3O2. The summed E-state index contributed by atoms with van der Waals surface area (Å²) in [5, 5.41) is 0. The molecule has 0 aliphatic rings. The van der Waals surface area contributed by atoms with Crippen molar-refractivity contribution in [2.45, 2.75) is 18.8 Å². The highest BCUT2D eigenvalue weighted by Crippen LogP contribution is 2.38. The number of hydrogen-bond acceptors (Lipinski definition) is 4. The molecule has 3 rings (SSSR count). The highest BCUT2D eigenvalue weighted by atomic mass is 19.4. The summed E-state index contributed by atoms with van der Waals surface area (Å²) in [5.74, 6) is -2.42. The minimum atomic E-state index is -5.37. The SMILES string of the molecule is COc1cc(F)ccc1-c1ccncc1N(CC(F)F)C(=O)c1cc(C(F)(F)F)nc(C(F)(F)F)c1. The van der Waals surface area contributed by atoms with E-state index in [9.17, 15) is 44.3 Å². The van der Waals surface area contributed by atoms with Crippen molar-refractivity contribution in [3.8, 4) is 16.9 Å². The van der Waals surface area contributed by atoms with Gasteiger partial charge >= 0.3 is 12.4 Å². The van der Waals surface area contributed by atoms with E-state index in [1.165, 1.54) is 25.4 Å². The molecule has 1 aromatic carbocycles. The molecule has 0 saturated carbocycles. The molecule has 14 heteroatoms. The molecule has 0 unspecified atom stereocenters. The Morgan fingerprint density at radius 1 is 0.972 bits per heavy atom. The molecule has 0 atom stereocenters. The average Bonchev–Trinajstić information content (AvgIpc) is 2.80. The molecule has 0 aliphatic heterocycles. The van der Waals surface area contributed by atoms with Crippen LogP contribution in [0.15, 0.2) is 48.8 Å². The van der Waals surface area contributed by atoms with Crippen LogP contribution >= 0.6 is 0 Å². The van der Waals surface area contributed by atoms with E-state index in [1.807, 2.05) is 0 Å². The molecule has 0 fully saturated rings. The van der Waals surface area contributed by atoms with Gasteiger partial charge in [0.25, 0.3) is 12.3 Å². The van der Waals surface area contributed by atoms with Crippen molar-refractivity contribution in [3.63, 3.8) is 0 Å². The van der Waals surface area contributed by atoms with Crippen molar-refractivity contribution in [1.29, 1.82) is 0 Å². The van der Waals surface area contributed by atoms with E-state index in [2.05, 4.69) is 9.97 Å². The van der Waals surface area contributed by atoms with Crippen LogP contribution < -0.4 is 9.64 Å². The molecule has 1 amide bonds. The number of methoxy groups -OCH3 is 1. The fraction of sp³-hybridized carbons (Fsp3) is 0.227. The minimum absolute atomic E-state index is 0.0306. The Balaban J connectivity index is 2.22. The van der Waals surface area contributed by atoms with Crippen LogP contribution in [-0.2, 0) is 12.4 Å². The number of alkyl halides is 8. The van der Waals surface area contributed by atoms with Gasteiger partial charge in [-0.1, -0.05) is 0 Å². The zero-order chi connectivity index (χ0) is 26.8. The topological polar surface area (TPSA) is 55.3 Å². The van der Waals surface area contributed by atoms with Crippen LogP contribution in [0.4, 0.5) is 45.2 Å². The second-order valence-electron chi connectivity index (χ2n) is 7.17. The van der Waals surface area contributed by atoms with E-state index in [0.29, 0.717) is 0 Å². The van der Waals surface area contributed by atoms with Gasteiger partial charge in [0.2, 0.25) is 0 Å². The van der Waals surface area contributed by atoms with Gasteiger partial charge in [-0.25, -0.2) is 18.2 Å². The van der Waals surface area contributed by atoms with E-state index in [1.54, 1.807) is 0 Å². The van der Waals surface area contributed by atoms with Gasteiger partial charge < -0.3 is 9.64 Å². The third-order valence-corrected chi connectivity index (χ3v) is 4.76. The quantitative estimate of drug-likeness (QED) is 0.359. The van der Waals surface area contributed by atoms with Gasteiger partial charge in [0.05, 0.1) is 25.5 Å². The zero-order valence-electron chi connectivity index (χ0n) is 18.0. The first-order valence-electron chi connectivity index (χ1n) is 9.76. The van der Waals surface area contributed by atoms with E-state index in [-0.39, 0.29) is 33.9 Å². The molecule has 5 nitrogen and oxygen atoms in total. The number of carbonyl (C=O) groups excluding carboxylic acids is 1. The highest BCUT2D eigenvalue weighted by molar-refractivity contribution is 6.08. The fourth-order valence-electron chi connectivity index (χ4n) is 3.25. The molecule has 3 aromatic rings. The number of rotatable bonds is 6. The summed E-state index contributed by atoms with van der Waals surface area (Å²) in [6.07, 6.45) is -11.9. The molecule has 2 heterocycles. The Bertz CT molecular complexity index is 1230. The summed E-state index contributed by atoms with van der Waals surface area (Å²) in [4.78, 5) is 19.7. The molecule has 0 saturated heterocycles. The lowest BCUT2D eigenvalue weighted by molar-refractivity contribution is -0.150. The number of pyridine rings is 2. The number of amides is 1. The molecule has 192 valence electrons. The van der Waals surface area contributed by atoms with E-state index < -0.39 is 59.7 Å². The maximum Gasteiger partial charge on any atom is 0.433 e. The Labute approximate surface area is 197 Å². The smallest absolute Gasteiger partial charge is 0.433 e. The summed E-state index contributed by atoms with van der Waals surface area (Å²) in [5.41, 5.74) is -5.60. The van der Waals surface area contributed by atoms with Gasteiger partial charge in [-0.15, -0.1) is 0 Å². The van der Waals surface area contributed by atoms with Crippen LogP contribution in [0.1, 0.15) is 21.7 Å². The van der Waals surface area contributed by atoms with E-state index in [0.717, 1.165) is 18.3 Å². The zero-order valence-corrected chi connectivity index (χ0v) is 18.0. The van der Waals surface area contributed by atoms with Gasteiger partial charge in [0, 0.05) is 29.0 Å². The monoisotopic (exact) mass is 523 g/mol. The Hall–Kier alpha value is -3.84. The Morgan fingerprint density at radius 2 is 1.58 bits per heavy atom. The first kappa shape index (κ1) is 26.8. The van der Waals surface area contributed by atoms with Crippen molar-refractivity contribution < 1.29 is 49.0 Å². The van der Waals surface area contributed by atoms with Gasteiger partial charge in [-0.2, -0.15) is 26.3 Å². The summed E-state index contributed by atoms with van der Waals surface area (Å²) in [7, 11) is 1.18. The van der Waals surface area contributed by atoms with Crippen LogP contribution in [0.3, 0.4) is 0 Å². The third kappa shape index (κ3) is 5.86. The van der Waals surface area contributed by atoms with Crippen molar-refractivity contribution in [2.24, 2.45) is 0 Å². The van der Waals surface area contributed by atoms with Crippen LogP contribution in [0.2, 0.25) is 0 Å². The lowest BCUT2D eigenvalue weighted by atomic mass is 10.0. The maximum absolute atomic E-state index is 13.7. The lowest BCUT2D eigenvalue weighted by Crippen LogP contribution is -2.36. The predicted octanol–water partition coefficient (Wildman–Crippen LogP) is 6.24. The Kier molecular flexibility index (Phi) is 7.46. The third-order valence-electron chi connectivity index (χ3n) is 4.76. The number of nitrogens with zero attached hydrogens (tertiary/aromatic N) is 3. The second kappa shape index (κ2) is 10.0. The molecule has 0 aliphatic carbocycles. The molecule has 36 heavy (non-hydrogen) atoms. The lowest BCUT2D eigenvalue weighted by Gasteiger charge is -2.26. The van der Waals surface area contributed by atoms with Gasteiger partial charge in [-0.3, -0.25) is 9.78 Å². The van der Waals surface area contributed by atoms with Crippen molar-refractivity contribution >= 4 is 11.6 Å². The van der Waals surface area contributed by atoms with Crippen LogP contribution in [0.5, 0.6) is 5.75 Å². The molecule has 0 spiro atoms. The first-order valence-corrected chi connectivity index (χ1v) is 9.76. The number of aromatic nitrogens is 2.